The maximum atomic E-state index is 14.0. The van der Waals surface area contributed by atoms with Crippen molar-refractivity contribution in [2.45, 2.75) is 83.3 Å². The number of morpholine rings is 1. The molecule has 1 N–H and O–H groups in total. The van der Waals surface area contributed by atoms with Gasteiger partial charge in [-0.3, -0.25) is 4.79 Å². The summed E-state index contributed by atoms with van der Waals surface area (Å²) in [5.74, 6) is 1.07. The van der Waals surface area contributed by atoms with Crippen LogP contribution in [-0.4, -0.2) is 48.4 Å². The van der Waals surface area contributed by atoms with Crippen molar-refractivity contribution in [1.29, 1.82) is 0 Å². The van der Waals surface area contributed by atoms with Crippen molar-refractivity contribution < 1.29 is 14.3 Å². The van der Waals surface area contributed by atoms with Crippen molar-refractivity contribution in [2.24, 2.45) is 5.92 Å². The summed E-state index contributed by atoms with van der Waals surface area (Å²) < 4.78 is 12.0. The Kier molecular flexibility index (Phi) is 6.14. The van der Waals surface area contributed by atoms with Gasteiger partial charge in [0.2, 0.25) is 5.91 Å². The standard InChI is InChI=1S/C28H36N4O3/c1-18(2)35-23-9-5-19(6-10-23)28(33)32-15-20-4-3-13-29-27(20)30-25-12-8-21(14-26(25)32)31-16-24-11-7-22(31)17-34-24/h3-4,8,12-14,18-19,22-24H,5-7,9-11,15-17H2,1-2H3,(H,29,30)/t19?,22?,23?,24-/m1/s1. The molecule has 1 aliphatic carbocycles. The first-order valence-corrected chi connectivity index (χ1v) is 13.2. The van der Waals surface area contributed by atoms with E-state index in [4.69, 9.17) is 9.47 Å². The maximum Gasteiger partial charge on any atom is 0.230 e. The number of anilines is 4. The molecule has 1 aromatic heterocycles. The fourth-order valence-corrected chi connectivity index (χ4v) is 6.20. The number of benzene rings is 1. The number of carbonyl (C=O) groups is 1. The van der Waals surface area contributed by atoms with E-state index in [0.29, 0.717) is 18.7 Å². The zero-order valence-corrected chi connectivity index (χ0v) is 20.8. The molecule has 5 heterocycles. The molecule has 7 rings (SSSR count). The largest absolute Gasteiger partial charge is 0.376 e. The monoisotopic (exact) mass is 476 g/mol. The summed E-state index contributed by atoms with van der Waals surface area (Å²) in [6.07, 6.45) is 8.57. The smallest absolute Gasteiger partial charge is 0.230 e. The average molecular weight is 477 g/mol. The highest BCUT2D eigenvalue weighted by atomic mass is 16.5. The van der Waals surface area contributed by atoms with Gasteiger partial charge in [0.1, 0.15) is 5.82 Å². The molecular weight excluding hydrogens is 440 g/mol. The average Bonchev–Trinajstić information content (AvgIpc) is 3.05. The second-order valence-corrected chi connectivity index (χ2v) is 10.8. The molecule has 1 amide bonds. The minimum absolute atomic E-state index is 0.0242. The van der Waals surface area contributed by atoms with E-state index in [2.05, 4.69) is 53.3 Å². The van der Waals surface area contributed by atoms with Gasteiger partial charge in [0.15, 0.2) is 0 Å². The number of pyridine rings is 1. The molecule has 5 aliphatic rings. The first-order chi connectivity index (χ1) is 17.0. The summed E-state index contributed by atoms with van der Waals surface area (Å²) in [5, 5.41) is 3.52. The van der Waals surface area contributed by atoms with E-state index in [-0.39, 0.29) is 24.0 Å². The van der Waals surface area contributed by atoms with Crippen LogP contribution in [0.25, 0.3) is 0 Å². The molecule has 4 aliphatic heterocycles. The molecule has 0 radical (unpaired) electrons. The summed E-state index contributed by atoms with van der Waals surface area (Å²) in [4.78, 5) is 23.1. The third-order valence-corrected chi connectivity index (χ3v) is 8.02. The highest BCUT2D eigenvalue weighted by Gasteiger charge is 2.37. The van der Waals surface area contributed by atoms with Crippen LogP contribution in [0.2, 0.25) is 0 Å². The Morgan fingerprint density at radius 3 is 2.71 bits per heavy atom. The fourth-order valence-electron chi connectivity index (χ4n) is 6.20. The van der Waals surface area contributed by atoms with E-state index >= 15 is 0 Å². The molecule has 7 nitrogen and oxygen atoms in total. The van der Waals surface area contributed by atoms with E-state index in [1.807, 2.05) is 11.0 Å². The predicted octanol–water partition coefficient (Wildman–Crippen LogP) is 5.02. The fraction of sp³-hybridized carbons (Fsp3) is 0.571. The van der Waals surface area contributed by atoms with Crippen LogP contribution in [0.5, 0.6) is 0 Å². The zero-order valence-electron chi connectivity index (χ0n) is 20.8. The van der Waals surface area contributed by atoms with Gasteiger partial charge in [-0.1, -0.05) is 6.07 Å². The van der Waals surface area contributed by atoms with Gasteiger partial charge in [-0.25, -0.2) is 4.98 Å². The van der Waals surface area contributed by atoms with Crippen LogP contribution in [-0.2, 0) is 20.8 Å². The zero-order chi connectivity index (χ0) is 23.9. The van der Waals surface area contributed by atoms with Gasteiger partial charge in [-0.15, -0.1) is 0 Å². The third kappa shape index (κ3) is 4.52. The number of nitrogens with zero attached hydrogens (tertiary/aromatic N) is 3. The summed E-state index contributed by atoms with van der Waals surface area (Å²) >= 11 is 0. The molecule has 2 aromatic rings. The lowest BCUT2D eigenvalue weighted by Gasteiger charge is -2.46. The maximum absolute atomic E-state index is 14.0. The molecule has 2 bridgehead atoms. The Labute approximate surface area is 207 Å². The minimum Gasteiger partial charge on any atom is -0.376 e. The molecular formula is C28H36N4O3. The number of fused-ring (bicyclic) bond motifs is 5. The number of hydrogen-bond acceptors (Lipinski definition) is 6. The van der Waals surface area contributed by atoms with Gasteiger partial charge < -0.3 is 24.6 Å². The number of amides is 1. The van der Waals surface area contributed by atoms with Crippen LogP contribution < -0.4 is 15.1 Å². The van der Waals surface area contributed by atoms with Crippen LogP contribution >= 0.6 is 0 Å². The van der Waals surface area contributed by atoms with Gasteiger partial charge in [0.25, 0.3) is 0 Å². The van der Waals surface area contributed by atoms with Gasteiger partial charge in [0.05, 0.1) is 48.9 Å². The van der Waals surface area contributed by atoms with Crippen molar-refractivity contribution in [3.05, 3.63) is 42.1 Å². The van der Waals surface area contributed by atoms with Gasteiger partial charge in [-0.2, -0.15) is 0 Å². The SMILES string of the molecule is CC(C)OC1CCC(C(=O)N2Cc3cccnc3Nc3ccc(N4C[C@H]5CCC4CO5)cc32)CC1. The van der Waals surface area contributed by atoms with E-state index in [9.17, 15) is 4.79 Å². The summed E-state index contributed by atoms with van der Waals surface area (Å²) in [5.41, 5.74) is 4.11. The predicted molar refractivity (Wildman–Crippen MR) is 137 cm³/mol. The summed E-state index contributed by atoms with van der Waals surface area (Å²) in [6, 6.07) is 10.9. The molecule has 4 fully saturated rings. The number of piperidine rings is 1. The molecule has 1 aromatic carbocycles. The van der Waals surface area contributed by atoms with Crippen molar-refractivity contribution >= 4 is 28.8 Å². The van der Waals surface area contributed by atoms with E-state index in [1.165, 1.54) is 12.1 Å². The Bertz CT molecular complexity index is 1070. The Morgan fingerprint density at radius 2 is 2.00 bits per heavy atom. The van der Waals surface area contributed by atoms with Gasteiger partial charge >= 0.3 is 0 Å². The third-order valence-electron chi connectivity index (χ3n) is 8.02. The molecule has 186 valence electrons. The number of hydrogen-bond donors (Lipinski definition) is 1. The van der Waals surface area contributed by atoms with Crippen LogP contribution in [0.1, 0.15) is 57.9 Å². The van der Waals surface area contributed by atoms with E-state index in [1.54, 1.807) is 6.20 Å². The summed E-state index contributed by atoms with van der Waals surface area (Å²) in [6.45, 7) is 6.42. The topological polar surface area (TPSA) is 66.9 Å². The van der Waals surface area contributed by atoms with Crippen molar-refractivity contribution in [1.82, 2.24) is 4.98 Å². The first-order valence-electron chi connectivity index (χ1n) is 13.2. The van der Waals surface area contributed by atoms with Gasteiger partial charge in [0, 0.05) is 29.9 Å². The Morgan fingerprint density at radius 1 is 1.14 bits per heavy atom. The van der Waals surface area contributed by atoms with E-state index in [0.717, 1.165) is 68.0 Å². The summed E-state index contributed by atoms with van der Waals surface area (Å²) in [7, 11) is 0. The molecule has 3 saturated heterocycles. The number of rotatable bonds is 4. The second kappa shape index (κ2) is 9.43. The van der Waals surface area contributed by atoms with Crippen LogP contribution in [0.3, 0.4) is 0 Å². The highest BCUT2D eigenvalue weighted by Crippen LogP contribution is 2.41. The Balaban J connectivity index is 1.30. The molecule has 0 spiro atoms. The van der Waals surface area contributed by atoms with E-state index < -0.39 is 0 Å². The Hall–Kier alpha value is -2.64. The van der Waals surface area contributed by atoms with Crippen LogP contribution in [0, 0.1) is 5.92 Å². The molecule has 35 heavy (non-hydrogen) atoms. The molecule has 7 heteroatoms. The van der Waals surface area contributed by atoms with Crippen molar-refractivity contribution in [3.63, 3.8) is 0 Å². The number of carbonyl (C=O) groups excluding carboxylic acids is 1. The molecule has 2 atom stereocenters. The lowest BCUT2D eigenvalue weighted by molar-refractivity contribution is -0.124. The quantitative estimate of drug-likeness (QED) is 0.668. The number of ether oxygens (including phenoxy) is 2. The molecule has 1 saturated carbocycles. The van der Waals surface area contributed by atoms with Crippen molar-refractivity contribution in [3.8, 4) is 0 Å². The number of nitrogens with one attached hydrogen (secondary N) is 1. The first kappa shape index (κ1) is 22.8. The van der Waals surface area contributed by atoms with Crippen LogP contribution in [0.4, 0.5) is 22.9 Å². The molecule has 1 unspecified atom stereocenters. The van der Waals surface area contributed by atoms with Crippen LogP contribution in [0.15, 0.2) is 36.5 Å². The van der Waals surface area contributed by atoms with Crippen molar-refractivity contribution in [2.75, 3.05) is 28.3 Å². The normalized spacial score (nSPS) is 27.7. The van der Waals surface area contributed by atoms with Gasteiger partial charge in [-0.05, 0) is 76.6 Å². The highest BCUT2D eigenvalue weighted by molar-refractivity contribution is 6.00. The lowest BCUT2D eigenvalue weighted by atomic mass is 9.86. The second-order valence-electron chi connectivity index (χ2n) is 10.8. The lowest BCUT2D eigenvalue weighted by Crippen LogP contribution is -2.54. The minimum atomic E-state index is 0.0242. The number of aromatic nitrogens is 1.